The average Bonchev–Trinajstić information content (AvgIpc) is 2.48. The van der Waals surface area contributed by atoms with Crippen LogP contribution < -0.4 is 10.1 Å². The lowest BCUT2D eigenvalue weighted by Crippen LogP contribution is -2.13. The zero-order valence-corrected chi connectivity index (χ0v) is 10.8. The van der Waals surface area contributed by atoms with Gasteiger partial charge in [-0.25, -0.2) is 4.98 Å². The Morgan fingerprint density at radius 1 is 1.21 bits per heavy atom. The second-order valence-electron chi connectivity index (χ2n) is 4.08. The summed E-state index contributed by atoms with van der Waals surface area (Å²) in [6, 6.07) is 13.5. The van der Waals surface area contributed by atoms with Gasteiger partial charge < -0.3 is 10.1 Å². The van der Waals surface area contributed by atoms with Crippen molar-refractivity contribution in [2.75, 3.05) is 7.11 Å². The number of methoxy groups -OCH3 is 1. The van der Waals surface area contributed by atoms with Crippen molar-refractivity contribution >= 4 is 0 Å². The summed E-state index contributed by atoms with van der Waals surface area (Å²) >= 11 is 0. The quantitative estimate of drug-likeness (QED) is 0.888. The van der Waals surface area contributed by atoms with E-state index in [0.29, 0.717) is 18.0 Å². The Morgan fingerprint density at radius 2 is 2.00 bits per heavy atom. The maximum atomic E-state index is 8.72. The molecule has 4 heteroatoms. The summed E-state index contributed by atoms with van der Waals surface area (Å²) in [4.78, 5) is 4.15. The minimum atomic E-state index is 0.648. The molecule has 0 unspecified atom stereocenters. The van der Waals surface area contributed by atoms with Gasteiger partial charge in [-0.3, -0.25) is 0 Å². The van der Waals surface area contributed by atoms with Crippen LogP contribution in [0.5, 0.6) is 5.88 Å². The van der Waals surface area contributed by atoms with Crippen molar-refractivity contribution in [3.63, 3.8) is 0 Å². The largest absolute Gasteiger partial charge is 0.481 e. The topological polar surface area (TPSA) is 57.9 Å². The molecule has 96 valence electrons. The third-order valence-electron chi connectivity index (χ3n) is 2.77. The summed E-state index contributed by atoms with van der Waals surface area (Å²) in [6.45, 7) is 1.43. The maximum absolute atomic E-state index is 8.72. The number of aromatic nitrogens is 1. The fourth-order valence-corrected chi connectivity index (χ4v) is 1.78. The first-order valence-corrected chi connectivity index (χ1v) is 6.01. The van der Waals surface area contributed by atoms with Crippen molar-refractivity contribution < 1.29 is 4.74 Å². The molecule has 1 aromatic carbocycles. The van der Waals surface area contributed by atoms with Crippen LogP contribution in [0, 0.1) is 11.3 Å². The van der Waals surface area contributed by atoms with Gasteiger partial charge >= 0.3 is 0 Å². The van der Waals surface area contributed by atoms with E-state index in [1.165, 1.54) is 0 Å². The van der Waals surface area contributed by atoms with E-state index in [9.17, 15) is 0 Å². The third kappa shape index (κ3) is 3.54. The first kappa shape index (κ1) is 13.1. The number of hydrogen-bond acceptors (Lipinski definition) is 4. The normalized spacial score (nSPS) is 9.89. The zero-order chi connectivity index (χ0) is 13.5. The highest BCUT2D eigenvalue weighted by Gasteiger charge is 2.02. The lowest BCUT2D eigenvalue weighted by molar-refractivity contribution is 0.390. The molecule has 19 heavy (non-hydrogen) atoms. The zero-order valence-electron chi connectivity index (χ0n) is 10.8. The van der Waals surface area contributed by atoms with E-state index < -0.39 is 0 Å². The Balaban J connectivity index is 1.91. The van der Waals surface area contributed by atoms with E-state index in [1.54, 1.807) is 13.3 Å². The lowest BCUT2D eigenvalue weighted by atomic mass is 10.1. The minimum Gasteiger partial charge on any atom is -0.481 e. The fraction of sp³-hybridized carbons (Fsp3) is 0.200. The van der Waals surface area contributed by atoms with Gasteiger partial charge in [0.2, 0.25) is 5.88 Å². The number of nitrogens with zero attached hydrogens (tertiary/aromatic N) is 2. The molecule has 1 heterocycles. The van der Waals surface area contributed by atoms with Crippen LogP contribution in [-0.4, -0.2) is 12.1 Å². The number of rotatable bonds is 5. The minimum absolute atomic E-state index is 0.648. The molecule has 0 fully saturated rings. The predicted octanol–water partition coefficient (Wildman–Crippen LogP) is 2.25. The molecule has 0 saturated heterocycles. The first-order valence-electron chi connectivity index (χ1n) is 6.01. The number of hydrogen-bond donors (Lipinski definition) is 1. The molecule has 4 nitrogen and oxygen atoms in total. The number of nitrogens with one attached hydrogen (secondary N) is 1. The molecule has 0 bridgehead atoms. The summed E-state index contributed by atoms with van der Waals surface area (Å²) in [5.41, 5.74) is 2.85. The molecular formula is C15H15N3O. The lowest BCUT2D eigenvalue weighted by Gasteiger charge is -2.08. The molecule has 1 N–H and O–H groups in total. The van der Waals surface area contributed by atoms with Gasteiger partial charge in [0, 0.05) is 24.8 Å². The van der Waals surface area contributed by atoms with Crippen molar-refractivity contribution in [1.29, 1.82) is 5.26 Å². The van der Waals surface area contributed by atoms with Crippen LogP contribution in [-0.2, 0) is 13.1 Å². The average molecular weight is 253 g/mol. The van der Waals surface area contributed by atoms with Gasteiger partial charge in [0.15, 0.2) is 0 Å². The van der Waals surface area contributed by atoms with Gasteiger partial charge in [-0.2, -0.15) is 5.26 Å². The fourth-order valence-electron chi connectivity index (χ4n) is 1.78. The summed E-state index contributed by atoms with van der Waals surface area (Å²) in [5.74, 6) is 0.648. The van der Waals surface area contributed by atoms with E-state index >= 15 is 0 Å². The molecule has 0 saturated carbocycles. The summed E-state index contributed by atoms with van der Waals surface area (Å²) in [5, 5.41) is 12.1. The highest BCUT2D eigenvalue weighted by Crippen LogP contribution is 2.13. The van der Waals surface area contributed by atoms with Crippen molar-refractivity contribution in [2.24, 2.45) is 0 Å². The van der Waals surface area contributed by atoms with Crippen molar-refractivity contribution in [3.05, 3.63) is 59.3 Å². The number of nitriles is 1. The van der Waals surface area contributed by atoms with Gasteiger partial charge in [-0.15, -0.1) is 0 Å². The van der Waals surface area contributed by atoms with E-state index in [4.69, 9.17) is 10.00 Å². The molecule has 0 radical (unpaired) electrons. The van der Waals surface area contributed by atoms with Crippen LogP contribution in [0.15, 0.2) is 42.6 Å². The van der Waals surface area contributed by atoms with E-state index in [2.05, 4.69) is 16.4 Å². The standard InChI is InChI=1S/C15H15N3O/c1-19-15-14(3-2-8-18-15)11-17-10-13-6-4-12(9-16)5-7-13/h2-8,17H,10-11H2,1H3. The van der Waals surface area contributed by atoms with Crippen molar-refractivity contribution in [2.45, 2.75) is 13.1 Å². The monoisotopic (exact) mass is 253 g/mol. The molecule has 2 aromatic rings. The molecule has 1 aromatic heterocycles. The number of ether oxygens (including phenoxy) is 1. The highest BCUT2D eigenvalue weighted by atomic mass is 16.5. The van der Waals surface area contributed by atoms with Crippen LogP contribution in [0.4, 0.5) is 0 Å². The molecule has 0 atom stereocenters. The molecule has 0 aliphatic heterocycles. The Hall–Kier alpha value is -2.38. The molecule has 0 aliphatic rings. The molecule has 0 amide bonds. The van der Waals surface area contributed by atoms with Crippen LogP contribution in [0.25, 0.3) is 0 Å². The van der Waals surface area contributed by atoms with Crippen LogP contribution in [0.1, 0.15) is 16.7 Å². The Bertz CT molecular complexity index is 573. The maximum Gasteiger partial charge on any atom is 0.217 e. The van der Waals surface area contributed by atoms with Crippen molar-refractivity contribution in [1.82, 2.24) is 10.3 Å². The third-order valence-corrected chi connectivity index (χ3v) is 2.77. The van der Waals surface area contributed by atoms with Gasteiger partial charge in [0.25, 0.3) is 0 Å². The van der Waals surface area contributed by atoms with Gasteiger partial charge in [0.05, 0.1) is 18.7 Å². The Morgan fingerprint density at radius 3 is 2.68 bits per heavy atom. The smallest absolute Gasteiger partial charge is 0.217 e. The van der Waals surface area contributed by atoms with Crippen LogP contribution in [0.2, 0.25) is 0 Å². The van der Waals surface area contributed by atoms with E-state index in [1.807, 2.05) is 36.4 Å². The first-order chi connectivity index (χ1) is 9.33. The SMILES string of the molecule is COc1ncccc1CNCc1ccc(C#N)cc1. The molecule has 0 aliphatic carbocycles. The van der Waals surface area contributed by atoms with Gasteiger partial charge in [-0.1, -0.05) is 18.2 Å². The Kier molecular flexibility index (Phi) is 4.49. The number of pyridine rings is 1. The molecule has 2 rings (SSSR count). The summed E-state index contributed by atoms with van der Waals surface area (Å²) in [7, 11) is 1.62. The summed E-state index contributed by atoms with van der Waals surface area (Å²) in [6.07, 6.45) is 1.71. The Labute approximate surface area is 112 Å². The number of benzene rings is 1. The summed E-state index contributed by atoms with van der Waals surface area (Å²) < 4.78 is 5.19. The van der Waals surface area contributed by atoms with E-state index in [-0.39, 0.29) is 0 Å². The van der Waals surface area contributed by atoms with Crippen LogP contribution >= 0.6 is 0 Å². The van der Waals surface area contributed by atoms with E-state index in [0.717, 1.165) is 17.7 Å². The second-order valence-corrected chi connectivity index (χ2v) is 4.08. The highest BCUT2D eigenvalue weighted by molar-refractivity contribution is 5.31. The van der Waals surface area contributed by atoms with Gasteiger partial charge in [0.1, 0.15) is 0 Å². The molecular weight excluding hydrogens is 238 g/mol. The predicted molar refractivity (Wildman–Crippen MR) is 72.5 cm³/mol. The van der Waals surface area contributed by atoms with Gasteiger partial charge in [-0.05, 0) is 23.8 Å². The van der Waals surface area contributed by atoms with Crippen LogP contribution in [0.3, 0.4) is 0 Å². The van der Waals surface area contributed by atoms with Crippen molar-refractivity contribution in [3.8, 4) is 11.9 Å². The molecule has 0 spiro atoms. The second kappa shape index (κ2) is 6.53.